The lowest BCUT2D eigenvalue weighted by Gasteiger charge is -2.04. The van der Waals surface area contributed by atoms with E-state index in [2.05, 4.69) is 15.9 Å². The summed E-state index contributed by atoms with van der Waals surface area (Å²) in [5.74, 6) is -2.81. The van der Waals surface area contributed by atoms with Crippen LogP contribution in [0.3, 0.4) is 0 Å². The molecule has 0 fully saturated rings. The maximum absolute atomic E-state index is 11.1. The van der Waals surface area contributed by atoms with Gasteiger partial charge in [-0.05, 0) is 35.3 Å². The van der Waals surface area contributed by atoms with Crippen molar-refractivity contribution in [3.05, 3.63) is 0 Å². The van der Waals surface area contributed by atoms with Crippen molar-refractivity contribution in [3.8, 4) is 0 Å². The summed E-state index contributed by atoms with van der Waals surface area (Å²) < 4.78 is 11.1. The molecule has 0 atom stereocenters. The second kappa shape index (κ2) is 16.2. The zero-order valence-corrected chi connectivity index (χ0v) is 17.3. The first kappa shape index (κ1) is 22.3. The Morgan fingerprint density at radius 2 is 0.857 bits per heavy atom. The summed E-state index contributed by atoms with van der Waals surface area (Å²) in [6.45, 7) is 0. The SMILES string of the molecule is O=P(Cl)(Cl)CCCCCCCCCCCCCCCCBr. The number of halogens is 3. The quantitative estimate of drug-likeness (QED) is 0.138. The van der Waals surface area contributed by atoms with Crippen molar-refractivity contribution in [3.63, 3.8) is 0 Å². The van der Waals surface area contributed by atoms with Crippen LogP contribution in [0.1, 0.15) is 89.9 Å². The Labute approximate surface area is 150 Å². The predicted octanol–water partition coefficient (Wildman–Crippen LogP) is 8.51. The van der Waals surface area contributed by atoms with Gasteiger partial charge in [-0.3, -0.25) is 4.57 Å². The second-order valence-electron chi connectivity index (χ2n) is 5.93. The molecule has 0 unspecified atom stereocenters. The van der Waals surface area contributed by atoms with E-state index in [1.54, 1.807) is 0 Å². The number of unbranched alkanes of at least 4 members (excludes halogenated alkanes) is 13. The van der Waals surface area contributed by atoms with Gasteiger partial charge in [-0.2, -0.15) is 0 Å². The van der Waals surface area contributed by atoms with Gasteiger partial charge >= 0.3 is 0 Å². The van der Waals surface area contributed by atoms with Crippen molar-refractivity contribution in [2.75, 3.05) is 11.5 Å². The monoisotopic (exact) mass is 420 g/mol. The van der Waals surface area contributed by atoms with Crippen molar-refractivity contribution < 1.29 is 4.57 Å². The number of hydrogen-bond acceptors (Lipinski definition) is 1. The molecule has 0 amide bonds. The first-order valence-corrected chi connectivity index (χ1v) is 13.4. The summed E-state index contributed by atoms with van der Waals surface area (Å²) in [6.07, 6.45) is 18.9. The first-order chi connectivity index (χ1) is 10.1. The summed E-state index contributed by atoms with van der Waals surface area (Å²) in [5, 5.41) is 1.16. The molecule has 0 heterocycles. The second-order valence-corrected chi connectivity index (χ2v) is 12.1. The molecule has 0 radical (unpaired) electrons. The van der Waals surface area contributed by atoms with Gasteiger partial charge in [0.25, 0.3) is 5.85 Å². The van der Waals surface area contributed by atoms with Crippen LogP contribution in [-0.2, 0) is 4.57 Å². The molecule has 0 aliphatic carbocycles. The van der Waals surface area contributed by atoms with Gasteiger partial charge in [-0.1, -0.05) is 93.0 Å². The standard InChI is InChI=1S/C16H32BrCl2OP/c17-15-13-11-9-7-5-3-1-2-4-6-8-10-12-14-16-21(18,19)20/h1-16H2. The van der Waals surface area contributed by atoms with Crippen LogP contribution in [0.2, 0.25) is 0 Å². The Balaban J connectivity index is 3.01. The molecule has 0 bridgehead atoms. The van der Waals surface area contributed by atoms with Crippen molar-refractivity contribution in [2.24, 2.45) is 0 Å². The van der Waals surface area contributed by atoms with Crippen molar-refractivity contribution in [2.45, 2.75) is 89.9 Å². The van der Waals surface area contributed by atoms with Crippen LogP contribution in [-0.4, -0.2) is 11.5 Å². The molecule has 0 spiro atoms. The third-order valence-corrected chi connectivity index (χ3v) is 6.21. The Bertz CT molecular complexity index is 259. The molecule has 0 aromatic heterocycles. The summed E-state index contributed by atoms with van der Waals surface area (Å²) in [5.41, 5.74) is 0. The van der Waals surface area contributed by atoms with E-state index in [0.29, 0.717) is 6.16 Å². The van der Waals surface area contributed by atoms with E-state index in [0.717, 1.165) is 18.2 Å². The Hall–Kier alpha value is 1.29. The van der Waals surface area contributed by atoms with Gasteiger partial charge < -0.3 is 0 Å². The van der Waals surface area contributed by atoms with Crippen molar-refractivity contribution in [1.82, 2.24) is 0 Å². The zero-order valence-electron chi connectivity index (χ0n) is 13.3. The van der Waals surface area contributed by atoms with Crippen LogP contribution in [0.4, 0.5) is 0 Å². The van der Waals surface area contributed by atoms with Gasteiger partial charge in [-0.25, -0.2) is 0 Å². The van der Waals surface area contributed by atoms with E-state index in [9.17, 15) is 4.57 Å². The lowest BCUT2D eigenvalue weighted by atomic mass is 10.0. The highest BCUT2D eigenvalue weighted by atomic mass is 79.9. The fraction of sp³-hybridized carbons (Fsp3) is 1.00. The van der Waals surface area contributed by atoms with Crippen LogP contribution in [0.15, 0.2) is 0 Å². The first-order valence-electron chi connectivity index (χ1n) is 8.60. The molecule has 128 valence electrons. The normalized spacial score (nSPS) is 12.0. The van der Waals surface area contributed by atoms with Gasteiger partial charge in [0.1, 0.15) is 0 Å². The van der Waals surface area contributed by atoms with E-state index >= 15 is 0 Å². The van der Waals surface area contributed by atoms with E-state index < -0.39 is 5.85 Å². The smallest absolute Gasteiger partial charge is 0.253 e. The number of rotatable bonds is 16. The minimum absolute atomic E-state index is 0.478. The molecule has 21 heavy (non-hydrogen) atoms. The van der Waals surface area contributed by atoms with Crippen LogP contribution in [0.25, 0.3) is 0 Å². The Morgan fingerprint density at radius 1 is 0.571 bits per heavy atom. The summed E-state index contributed by atoms with van der Waals surface area (Å²) >= 11 is 14.5. The van der Waals surface area contributed by atoms with Gasteiger partial charge in [-0.15, -0.1) is 0 Å². The largest absolute Gasteiger partial charge is 0.289 e. The molecule has 0 aromatic carbocycles. The molecule has 0 rings (SSSR count). The predicted molar refractivity (Wildman–Crippen MR) is 103 cm³/mol. The molecule has 0 aliphatic heterocycles. The maximum Gasteiger partial charge on any atom is 0.253 e. The van der Waals surface area contributed by atoms with Crippen LogP contribution >= 0.6 is 44.3 Å². The molecule has 1 nitrogen and oxygen atoms in total. The number of alkyl halides is 1. The average molecular weight is 422 g/mol. The summed E-state index contributed by atoms with van der Waals surface area (Å²) in [6, 6.07) is 0. The Morgan fingerprint density at radius 3 is 1.14 bits per heavy atom. The molecule has 0 saturated heterocycles. The van der Waals surface area contributed by atoms with Crippen molar-refractivity contribution in [1.29, 1.82) is 0 Å². The third kappa shape index (κ3) is 21.3. The maximum atomic E-state index is 11.1. The van der Waals surface area contributed by atoms with Crippen LogP contribution in [0, 0.1) is 0 Å². The van der Waals surface area contributed by atoms with E-state index in [4.69, 9.17) is 22.5 Å². The highest BCUT2D eigenvalue weighted by Gasteiger charge is 2.11. The van der Waals surface area contributed by atoms with Crippen molar-refractivity contribution >= 4 is 44.3 Å². The molecule has 0 aliphatic rings. The van der Waals surface area contributed by atoms with Gasteiger partial charge in [0, 0.05) is 11.5 Å². The fourth-order valence-corrected chi connectivity index (χ4v) is 4.22. The summed E-state index contributed by atoms with van der Waals surface area (Å²) in [7, 11) is 0. The van der Waals surface area contributed by atoms with Crippen LogP contribution in [0.5, 0.6) is 0 Å². The van der Waals surface area contributed by atoms with Gasteiger partial charge in [0.05, 0.1) is 0 Å². The van der Waals surface area contributed by atoms with E-state index in [-0.39, 0.29) is 0 Å². The summed E-state index contributed by atoms with van der Waals surface area (Å²) in [4.78, 5) is 0. The lowest BCUT2D eigenvalue weighted by molar-refractivity contribution is 0.538. The van der Waals surface area contributed by atoms with Gasteiger partial charge in [0.2, 0.25) is 0 Å². The zero-order chi connectivity index (χ0) is 15.8. The lowest BCUT2D eigenvalue weighted by Crippen LogP contribution is -1.84. The topological polar surface area (TPSA) is 17.1 Å². The van der Waals surface area contributed by atoms with Gasteiger partial charge in [0.15, 0.2) is 0 Å². The molecular weight excluding hydrogens is 390 g/mol. The Kier molecular flexibility index (Phi) is 17.2. The molecule has 0 aromatic rings. The molecule has 0 N–H and O–H groups in total. The highest BCUT2D eigenvalue weighted by molar-refractivity contribution is 9.09. The minimum Gasteiger partial charge on any atom is -0.289 e. The molecule has 0 saturated carbocycles. The average Bonchev–Trinajstić information content (AvgIpc) is 2.42. The molecule has 5 heteroatoms. The number of hydrogen-bond donors (Lipinski definition) is 0. The van der Waals surface area contributed by atoms with E-state index in [1.807, 2.05) is 0 Å². The third-order valence-electron chi connectivity index (χ3n) is 3.80. The molecular formula is C16H32BrCl2OP. The minimum atomic E-state index is -2.81. The van der Waals surface area contributed by atoms with E-state index in [1.165, 1.54) is 77.0 Å². The van der Waals surface area contributed by atoms with Crippen LogP contribution < -0.4 is 0 Å². The fourth-order valence-electron chi connectivity index (χ4n) is 2.51. The highest BCUT2D eigenvalue weighted by Crippen LogP contribution is 2.57.